The van der Waals surface area contributed by atoms with Crippen LogP contribution in [0.1, 0.15) is 6.23 Å². The summed E-state index contributed by atoms with van der Waals surface area (Å²) < 4.78 is 7.55. The highest BCUT2D eigenvalue weighted by molar-refractivity contribution is 7.71. The van der Waals surface area contributed by atoms with Gasteiger partial charge in [0.15, 0.2) is 6.23 Å². The van der Waals surface area contributed by atoms with Gasteiger partial charge in [-0.2, -0.15) is 0 Å². The molecule has 0 radical (unpaired) electrons. The Labute approximate surface area is 113 Å². The topological polar surface area (TPSA) is 104 Å². The van der Waals surface area contributed by atoms with Gasteiger partial charge < -0.3 is 29.6 Å². The molecule has 0 aromatic carbocycles. The SMILES string of the molecule is OC[C@@H]1O[C@H](n2ccc3c(=S)nc[nH]c32)[C@H](O)[C@@H]1O. The lowest BCUT2D eigenvalue weighted by atomic mass is 10.1. The zero-order chi connectivity index (χ0) is 13.6. The normalized spacial score (nSPS) is 31.1. The third-order valence-corrected chi connectivity index (χ3v) is 3.65. The monoisotopic (exact) mass is 283 g/mol. The first-order valence-corrected chi connectivity index (χ1v) is 6.21. The fourth-order valence-electron chi connectivity index (χ4n) is 2.32. The number of aliphatic hydroxyl groups excluding tert-OH is 3. The molecule has 4 atom stereocenters. The molecule has 2 aromatic heterocycles. The number of hydrogen-bond donors (Lipinski definition) is 4. The van der Waals surface area contributed by atoms with Crippen LogP contribution in [-0.2, 0) is 4.74 Å². The van der Waals surface area contributed by atoms with Crippen LogP contribution in [0.15, 0.2) is 18.6 Å². The second-order valence-corrected chi connectivity index (χ2v) is 4.81. The zero-order valence-electron chi connectivity index (χ0n) is 9.80. The summed E-state index contributed by atoms with van der Waals surface area (Å²) >= 11 is 5.10. The van der Waals surface area contributed by atoms with E-state index in [-0.39, 0.29) is 6.61 Å². The molecular weight excluding hydrogens is 270 g/mol. The van der Waals surface area contributed by atoms with Crippen molar-refractivity contribution in [3.8, 4) is 0 Å². The van der Waals surface area contributed by atoms with Crippen molar-refractivity contribution in [2.24, 2.45) is 0 Å². The maximum atomic E-state index is 10.00. The Balaban J connectivity index is 2.06. The van der Waals surface area contributed by atoms with Crippen LogP contribution in [-0.4, -0.2) is 54.8 Å². The van der Waals surface area contributed by atoms with E-state index < -0.39 is 24.5 Å². The highest BCUT2D eigenvalue weighted by atomic mass is 32.1. The summed E-state index contributed by atoms with van der Waals surface area (Å²) in [6.45, 7) is -0.356. The molecule has 0 amide bonds. The molecule has 7 nitrogen and oxygen atoms in total. The molecule has 0 aliphatic carbocycles. The van der Waals surface area contributed by atoms with Crippen molar-refractivity contribution in [2.45, 2.75) is 24.5 Å². The van der Waals surface area contributed by atoms with Crippen LogP contribution in [0, 0.1) is 4.64 Å². The molecule has 1 aliphatic rings. The second-order valence-electron chi connectivity index (χ2n) is 4.42. The van der Waals surface area contributed by atoms with E-state index in [2.05, 4.69) is 9.97 Å². The number of aliphatic hydroxyl groups is 3. The Morgan fingerprint density at radius 3 is 2.89 bits per heavy atom. The lowest BCUT2D eigenvalue weighted by Crippen LogP contribution is -2.33. The van der Waals surface area contributed by atoms with Crippen molar-refractivity contribution in [3.05, 3.63) is 23.2 Å². The van der Waals surface area contributed by atoms with Crippen molar-refractivity contribution >= 4 is 23.3 Å². The lowest BCUT2D eigenvalue weighted by molar-refractivity contribution is -0.0508. The van der Waals surface area contributed by atoms with E-state index in [1.54, 1.807) is 16.8 Å². The standard InChI is InChI=1S/C11H13N3O4S/c15-3-6-7(16)8(17)11(18-6)14-2-1-5-9(14)12-4-13-10(5)19/h1-2,4,6-8,11,15-17H,3H2,(H,12,13,19)/t6-,7+,8+,11-/m0/s1. The van der Waals surface area contributed by atoms with Gasteiger partial charge in [-0.25, -0.2) is 4.98 Å². The van der Waals surface area contributed by atoms with E-state index >= 15 is 0 Å². The number of hydrogen-bond acceptors (Lipinski definition) is 6. The molecule has 1 saturated heterocycles. The van der Waals surface area contributed by atoms with Gasteiger partial charge >= 0.3 is 0 Å². The predicted molar refractivity (Wildman–Crippen MR) is 67.9 cm³/mol. The molecule has 0 unspecified atom stereocenters. The van der Waals surface area contributed by atoms with Gasteiger partial charge in [-0.05, 0) is 6.07 Å². The van der Waals surface area contributed by atoms with Crippen molar-refractivity contribution < 1.29 is 20.1 Å². The Bertz CT molecular complexity index is 655. The van der Waals surface area contributed by atoms with Gasteiger partial charge in [0.1, 0.15) is 28.6 Å². The van der Waals surface area contributed by atoms with Crippen LogP contribution < -0.4 is 0 Å². The first-order chi connectivity index (χ1) is 9.13. The molecule has 4 N–H and O–H groups in total. The maximum absolute atomic E-state index is 10.00. The van der Waals surface area contributed by atoms with Gasteiger partial charge in [0.2, 0.25) is 0 Å². The summed E-state index contributed by atoms with van der Waals surface area (Å²) in [7, 11) is 0. The molecule has 1 fully saturated rings. The molecule has 0 saturated carbocycles. The molecule has 1 aliphatic heterocycles. The first-order valence-electron chi connectivity index (χ1n) is 5.80. The molecule has 2 aromatic rings. The fourth-order valence-corrected chi connectivity index (χ4v) is 2.53. The molecule has 102 valence electrons. The van der Waals surface area contributed by atoms with Crippen LogP contribution in [0.25, 0.3) is 11.0 Å². The van der Waals surface area contributed by atoms with E-state index in [0.29, 0.717) is 10.3 Å². The largest absolute Gasteiger partial charge is 0.394 e. The summed E-state index contributed by atoms with van der Waals surface area (Å²) in [5.74, 6) is 0. The number of ether oxygens (including phenoxy) is 1. The average Bonchev–Trinajstić information content (AvgIpc) is 2.94. The smallest absolute Gasteiger partial charge is 0.164 e. The average molecular weight is 283 g/mol. The van der Waals surface area contributed by atoms with Crippen molar-refractivity contribution in [3.63, 3.8) is 0 Å². The van der Waals surface area contributed by atoms with E-state index in [4.69, 9.17) is 22.1 Å². The van der Waals surface area contributed by atoms with Gasteiger partial charge in [0, 0.05) is 6.20 Å². The highest BCUT2D eigenvalue weighted by Gasteiger charge is 2.43. The minimum atomic E-state index is -1.13. The third kappa shape index (κ3) is 1.88. The summed E-state index contributed by atoms with van der Waals surface area (Å²) in [6, 6.07) is 1.76. The Hall–Kier alpha value is -1.32. The van der Waals surface area contributed by atoms with Gasteiger partial charge in [-0.3, -0.25) is 0 Å². The van der Waals surface area contributed by atoms with E-state index in [0.717, 1.165) is 5.39 Å². The van der Waals surface area contributed by atoms with Gasteiger partial charge in [0.05, 0.1) is 18.3 Å². The van der Waals surface area contributed by atoms with Crippen LogP contribution in [0.5, 0.6) is 0 Å². The number of nitrogens with one attached hydrogen (secondary N) is 1. The van der Waals surface area contributed by atoms with Crippen LogP contribution in [0.3, 0.4) is 0 Å². The summed E-state index contributed by atoms with van der Waals surface area (Å²) in [5, 5.41) is 29.6. The van der Waals surface area contributed by atoms with E-state index in [1.807, 2.05) is 0 Å². The number of H-pyrrole nitrogens is 1. The lowest BCUT2D eigenvalue weighted by Gasteiger charge is -2.17. The second kappa shape index (κ2) is 4.66. The molecular formula is C11H13N3O4S. The molecule has 3 rings (SSSR count). The van der Waals surface area contributed by atoms with Crippen LogP contribution >= 0.6 is 12.2 Å². The number of fused-ring (bicyclic) bond motifs is 1. The molecule has 19 heavy (non-hydrogen) atoms. The minimum absolute atomic E-state index is 0.356. The summed E-state index contributed by atoms with van der Waals surface area (Å²) in [6.07, 6.45) is -0.679. The Kier molecular flexibility index (Phi) is 3.11. The fraction of sp³-hybridized carbons (Fsp3) is 0.455. The number of rotatable bonds is 2. The van der Waals surface area contributed by atoms with E-state index in [1.165, 1.54) is 6.33 Å². The molecule has 0 bridgehead atoms. The summed E-state index contributed by atoms with van der Waals surface area (Å²) in [5.41, 5.74) is 0.648. The Morgan fingerprint density at radius 2 is 2.21 bits per heavy atom. The number of aromatic nitrogens is 3. The Morgan fingerprint density at radius 1 is 1.42 bits per heavy atom. The number of aromatic amines is 1. The number of nitrogens with zero attached hydrogens (tertiary/aromatic N) is 2. The maximum Gasteiger partial charge on any atom is 0.164 e. The van der Waals surface area contributed by atoms with Crippen LogP contribution in [0.2, 0.25) is 0 Å². The van der Waals surface area contributed by atoms with Gasteiger partial charge in [0.25, 0.3) is 0 Å². The predicted octanol–water partition coefficient (Wildman–Crippen LogP) is -0.295. The van der Waals surface area contributed by atoms with Crippen molar-refractivity contribution in [2.75, 3.05) is 6.61 Å². The third-order valence-electron chi connectivity index (χ3n) is 3.32. The van der Waals surface area contributed by atoms with Crippen LogP contribution in [0.4, 0.5) is 0 Å². The van der Waals surface area contributed by atoms with Gasteiger partial charge in [-0.1, -0.05) is 12.2 Å². The first kappa shape index (κ1) is 12.7. The van der Waals surface area contributed by atoms with E-state index in [9.17, 15) is 10.2 Å². The van der Waals surface area contributed by atoms with Crippen molar-refractivity contribution in [1.29, 1.82) is 0 Å². The zero-order valence-corrected chi connectivity index (χ0v) is 10.6. The molecule has 0 spiro atoms. The molecule has 8 heteroatoms. The summed E-state index contributed by atoms with van der Waals surface area (Å²) in [4.78, 5) is 6.90. The molecule has 3 heterocycles. The van der Waals surface area contributed by atoms with Crippen molar-refractivity contribution in [1.82, 2.24) is 14.5 Å². The van der Waals surface area contributed by atoms with Gasteiger partial charge in [-0.15, -0.1) is 0 Å². The highest BCUT2D eigenvalue weighted by Crippen LogP contribution is 2.31. The minimum Gasteiger partial charge on any atom is -0.394 e. The quantitative estimate of drug-likeness (QED) is 0.565.